The molecule has 1 aromatic rings. The van der Waals surface area contributed by atoms with Crippen LogP contribution in [0, 0.1) is 6.92 Å². The molecule has 2 N–H and O–H groups in total. The van der Waals surface area contributed by atoms with Crippen molar-refractivity contribution in [3.63, 3.8) is 0 Å². The zero-order chi connectivity index (χ0) is 9.97. The molecular formula is C9H15N3OS. The molecule has 0 radical (unpaired) electrons. The number of aliphatic hydroxyl groups is 1. The van der Waals surface area contributed by atoms with Crippen LogP contribution >= 0.6 is 11.8 Å². The van der Waals surface area contributed by atoms with Gasteiger partial charge in [0.15, 0.2) is 0 Å². The molecule has 0 aromatic carbocycles. The molecule has 0 aliphatic heterocycles. The topological polar surface area (TPSA) is 61.8 Å². The minimum atomic E-state index is -0.187. The predicted octanol–water partition coefficient (Wildman–Crippen LogP) is 1.51. The van der Waals surface area contributed by atoms with Gasteiger partial charge in [-0.15, -0.1) is 5.10 Å². The first-order chi connectivity index (χ1) is 6.75. The van der Waals surface area contributed by atoms with E-state index in [1.54, 1.807) is 11.8 Å². The number of aliphatic hydroxyl groups excluding tert-OH is 1. The zero-order valence-electron chi connectivity index (χ0n) is 8.23. The number of hydrogen-bond acceptors (Lipinski definition) is 4. The molecule has 2 rings (SSSR count). The monoisotopic (exact) mass is 213 g/mol. The highest BCUT2D eigenvalue weighted by atomic mass is 32.2. The van der Waals surface area contributed by atoms with Gasteiger partial charge in [-0.05, 0) is 19.8 Å². The van der Waals surface area contributed by atoms with Crippen molar-refractivity contribution in [1.82, 2.24) is 15.2 Å². The summed E-state index contributed by atoms with van der Waals surface area (Å²) >= 11 is 1.59. The molecule has 0 spiro atoms. The van der Waals surface area contributed by atoms with Crippen molar-refractivity contribution in [2.24, 2.45) is 0 Å². The molecule has 5 heteroatoms. The van der Waals surface area contributed by atoms with Crippen molar-refractivity contribution in [1.29, 1.82) is 0 Å². The summed E-state index contributed by atoms with van der Waals surface area (Å²) in [7, 11) is 0. The first-order valence-corrected chi connectivity index (χ1v) is 5.87. The summed E-state index contributed by atoms with van der Waals surface area (Å²) < 4.78 is 0. The quantitative estimate of drug-likeness (QED) is 0.781. The van der Waals surface area contributed by atoms with Gasteiger partial charge in [0.05, 0.1) is 6.10 Å². The summed E-state index contributed by atoms with van der Waals surface area (Å²) in [6.07, 6.45) is 4.15. The van der Waals surface area contributed by atoms with Gasteiger partial charge in [0.1, 0.15) is 5.82 Å². The molecule has 1 aromatic heterocycles. The number of nitrogens with one attached hydrogen (secondary N) is 1. The van der Waals surface area contributed by atoms with Crippen LogP contribution < -0.4 is 0 Å². The molecule has 1 aliphatic rings. The predicted molar refractivity (Wildman–Crippen MR) is 55.2 cm³/mol. The average Bonchev–Trinajstić information content (AvgIpc) is 2.56. The van der Waals surface area contributed by atoms with Crippen LogP contribution in [-0.4, -0.2) is 31.6 Å². The van der Waals surface area contributed by atoms with Crippen LogP contribution in [-0.2, 0) is 0 Å². The van der Waals surface area contributed by atoms with E-state index in [1.807, 2.05) is 6.92 Å². The van der Waals surface area contributed by atoms with Crippen LogP contribution in [0.4, 0.5) is 0 Å². The minimum Gasteiger partial charge on any atom is -0.392 e. The van der Waals surface area contributed by atoms with Crippen LogP contribution in [0.2, 0.25) is 0 Å². The van der Waals surface area contributed by atoms with E-state index in [1.165, 1.54) is 6.42 Å². The van der Waals surface area contributed by atoms with Crippen LogP contribution in [0.5, 0.6) is 0 Å². The molecule has 1 heterocycles. The Balaban J connectivity index is 1.95. The normalized spacial score (nSPS) is 27.9. The summed E-state index contributed by atoms with van der Waals surface area (Å²) in [5.41, 5.74) is 0. The van der Waals surface area contributed by atoms with E-state index in [-0.39, 0.29) is 11.4 Å². The number of aromatic nitrogens is 3. The highest BCUT2D eigenvalue weighted by Gasteiger charge is 2.25. The standard InChI is InChI=1S/C9H15N3OS/c1-6-10-9(12-11-6)14-8-5-3-2-4-7(8)13/h7-8,13H,2-5H2,1H3,(H,10,11,12)/t7-,8-/m1/s1. The second-order valence-corrected chi connectivity index (χ2v) is 4.92. The Hall–Kier alpha value is -0.550. The fourth-order valence-corrected chi connectivity index (χ4v) is 2.86. The Morgan fingerprint density at radius 2 is 2.21 bits per heavy atom. The van der Waals surface area contributed by atoms with Gasteiger partial charge >= 0.3 is 0 Å². The third-order valence-electron chi connectivity index (χ3n) is 2.50. The average molecular weight is 213 g/mol. The number of aromatic amines is 1. The second-order valence-electron chi connectivity index (χ2n) is 3.71. The van der Waals surface area contributed by atoms with Gasteiger partial charge in [0.25, 0.3) is 0 Å². The molecule has 0 saturated heterocycles. The van der Waals surface area contributed by atoms with Crippen molar-refractivity contribution in [2.75, 3.05) is 0 Å². The highest BCUT2D eigenvalue weighted by Crippen LogP contribution is 2.31. The summed E-state index contributed by atoms with van der Waals surface area (Å²) in [5.74, 6) is 0.831. The zero-order valence-corrected chi connectivity index (χ0v) is 9.05. The largest absolute Gasteiger partial charge is 0.392 e. The van der Waals surface area contributed by atoms with Crippen LogP contribution in [0.1, 0.15) is 31.5 Å². The van der Waals surface area contributed by atoms with Gasteiger partial charge in [-0.1, -0.05) is 24.6 Å². The maximum absolute atomic E-state index is 9.75. The van der Waals surface area contributed by atoms with Crippen molar-refractivity contribution in [3.8, 4) is 0 Å². The molecule has 78 valence electrons. The van der Waals surface area contributed by atoms with Crippen molar-refractivity contribution >= 4 is 11.8 Å². The Morgan fingerprint density at radius 3 is 2.86 bits per heavy atom. The maximum atomic E-state index is 9.75. The molecule has 1 aliphatic carbocycles. The first-order valence-electron chi connectivity index (χ1n) is 4.99. The van der Waals surface area contributed by atoms with Gasteiger partial charge in [-0.2, -0.15) is 0 Å². The lowest BCUT2D eigenvalue weighted by Gasteiger charge is -2.25. The van der Waals surface area contributed by atoms with E-state index in [2.05, 4.69) is 15.2 Å². The molecule has 2 atom stereocenters. The van der Waals surface area contributed by atoms with E-state index in [9.17, 15) is 5.11 Å². The SMILES string of the molecule is Cc1nc(S[C@@H]2CCCC[C@H]2O)n[nH]1. The molecule has 1 fully saturated rings. The Bertz CT molecular complexity index is 302. The fraction of sp³-hybridized carbons (Fsp3) is 0.778. The minimum absolute atomic E-state index is 0.187. The number of thioether (sulfide) groups is 1. The summed E-state index contributed by atoms with van der Waals surface area (Å²) in [5, 5.41) is 17.7. The number of rotatable bonds is 2. The lowest BCUT2D eigenvalue weighted by molar-refractivity contribution is 0.137. The van der Waals surface area contributed by atoms with Gasteiger partial charge in [-0.3, -0.25) is 5.10 Å². The number of nitrogens with zero attached hydrogens (tertiary/aromatic N) is 2. The summed E-state index contributed by atoms with van der Waals surface area (Å²) in [6.45, 7) is 1.88. The molecule has 0 bridgehead atoms. The third-order valence-corrected chi connectivity index (χ3v) is 3.75. The van der Waals surface area contributed by atoms with Crippen molar-refractivity contribution < 1.29 is 5.11 Å². The smallest absolute Gasteiger partial charge is 0.208 e. The number of hydrogen-bond donors (Lipinski definition) is 2. The van der Waals surface area contributed by atoms with Gasteiger partial charge in [-0.25, -0.2) is 4.98 Å². The van der Waals surface area contributed by atoms with E-state index in [0.717, 1.165) is 30.2 Å². The Labute approximate surface area is 87.5 Å². The summed E-state index contributed by atoms with van der Waals surface area (Å²) in [6, 6.07) is 0. The Kier molecular flexibility index (Phi) is 3.08. The van der Waals surface area contributed by atoms with E-state index >= 15 is 0 Å². The van der Waals surface area contributed by atoms with Crippen LogP contribution in [0.3, 0.4) is 0 Å². The Morgan fingerprint density at radius 1 is 1.43 bits per heavy atom. The number of H-pyrrole nitrogens is 1. The molecule has 0 unspecified atom stereocenters. The molecule has 1 saturated carbocycles. The molecule has 4 nitrogen and oxygen atoms in total. The molecule has 14 heavy (non-hydrogen) atoms. The van der Waals surface area contributed by atoms with Gasteiger partial charge in [0, 0.05) is 5.25 Å². The van der Waals surface area contributed by atoms with Gasteiger partial charge < -0.3 is 5.11 Å². The molecular weight excluding hydrogens is 198 g/mol. The lowest BCUT2D eigenvalue weighted by Crippen LogP contribution is -2.26. The van der Waals surface area contributed by atoms with E-state index in [0.29, 0.717) is 0 Å². The third kappa shape index (κ3) is 2.27. The van der Waals surface area contributed by atoms with Crippen molar-refractivity contribution in [3.05, 3.63) is 5.82 Å². The highest BCUT2D eigenvalue weighted by molar-refractivity contribution is 7.99. The van der Waals surface area contributed by atoms with Crippen molar-refractivity contribution in [2.45, 2.75) is 49.1 Å². The van der Waals surface area contributed by atoms with Crippen LogP contribution in [0.15, 0.2) is 5.16 Å². The number of aryl methyl sites for hydroxylation is 1. The molecule has 0 amide bonds. The first kappa shape index (κ1) is 9.98. The van der Waals surface area contributed by atoms with E-state index in [4.69, 9.17) is 0 Å². The lowest BCUT2D eigenvalue weighted by atomic mass is 9.97. The second kappa shape index (κ2) is 4.31. The van der Waals surface area contributed by atoms with Gasteiger partial charge in [0.2, 0.25) is 5.16 Å². The summed E-state index contributed by atoms with van der Waals surface area (Å²) in [4.78, 5) is 4.22. The maximum Gasteiger partial charge on any atom is 0.208 e. The van der Waals surface area contributed by atoms with Crippen LogP contribution in [0.25, 0.3) is 0 Å². The van der Waals surface area contributed by atoms with E-state index < -0.39 is 0 Å². The fourth-order valence-electron chi connectivity index (χ4n) is 1.73.